The van der Waals surface area contributed by atoms with E-state index in [9.17, 15) is 19.8 Å². The van der Waals surface area contributed by atoms with Crippen molar-refractivity contribution >= 4 is 23.6 Å². The van der Waals surface area contributed by atoms with E-state index in [0.717, 1.165) is 4.91 Å². The fourth-order valence-corrected chi connectivity index (χ4v) is 3.90. The Morgan fingerprint density at radius 1 is 1.47 bits per heavy atom. The number of carboxylic acids is 1. The van der Waals surface area contributed by atoms with Crippen LogP contribution in [0.2, 0.25) is 0 Å². The summed E-state index contributed by atoms with van der Waals surface area (Å²) in [6.07, 6.45) is -0.253. The maximum Gasteiger partial charge on any atom is 0.353 e. The number of aliphatic hydroxyl groups is 1. The molecule has 5 nitrogen and oxygen atoms in total. The van der Waals surface area contributed by atoms with Crippen LogP contribution < -0.4 is 0 Å². The largest absolute Gasteiger partial charge is 0.477 e. The molecule has 2 N–H and O–H groups in total. The minimum Gasteiger partial charge on any atom is -0.477 e. The number of carbonyl (C=O) groups is 2. The lowest BCUT2D eigenvalue weighted by molar-refractivity contribution is -0.177. The summed E-state index contributed by atoms with van der Waals surface area (Å²) in [4.78, 5) is 25.7. The molecular weight excluding hydrogens is 266 g/mol. The van der Waals surface area contributed by atoms with Gasteiger partial charge in [0.05, 0.1) is 17.6 Å². The number of thioether (sulfide) groups is 1. The van der Waals surface area contributed by atoms with Crippen LogP contribution in [0.15, 0.2) is 10.6 Å². The molecule has 0 saturated carbocycles. The number of aliphatic hydroxyl groups excluding tert-OH is 1. The Labute approximate surface area is 116 Å². The summed E-state index contributed by atoms with van der Waals surface area (Å²) < 4.78 is 0. The topological polar surface area (TPSA) is 77.8 Å². The van der Waals surface area contributed by atoms with E-state index in [4.69, 9.17) is 0 Å². The van der Waals surface area contributed by atoms with Crippen molar-refractivity contribution in [1.82, 2.24) is 4.90 Å². The summed E-state index contributed by atoms with van der Waals surface area (Å²) in [5, 5.41) is 19.4. The first kappa shape index (κ1) is 14.4. The summed E-state index contributed by atoms with van der Waals surface area (Å²) in [6.45, 7) is 7.28. The SMILES string of the molecule is CC(C)SC1=C(C(=O)O)N2C(=O)C(C)(C(C)O)C2C1. The number of nitrogens with zero attached hydrogens (tertiary/aromatic N) is 1. The first-order valence-electron chi connectivity index (χ1n) is 6.36. The standard InChI is InChI=1S/C13H19NO4S/c1-6(2)19-8-5-9-13(4,7(3)15)12(18)14(9)10(8)11(16)17/h6-7,9,15H,5H2,1-4H3,(H,16,17). The van der Waals surface area contributed by atoms with E-state index in [2.05, 4.69) is 0 Å². The zero-order chi connectivity index (χ0) is 14.5. The molecule has 0 radical (unpaired) electrons. The van der Waals surface area contributed by atoms with Crippen LogP contribution in [-0.2, 0) is 9.59 Å². The highest BCUT2D eigenvalue weighted by atomic mass is 32.2. The normalized spacial score (nSPS) is 31.6. The van der Waals surface area contributed by atoms with Crippen LogP contribution in [0, 0.1) is 5.41 Å². The summed E-state index contributed by atoms with van der Waals surface area (Å²) in [6, 6.07) is -0.229. The number of amides is 1. The van der Waals surface area contributed by atoms with Crippen molar-refractivity contribution in [2.75, 3.05) is 0 Å². The fraction of sp³-hybridized carbons (Fsp3) is 0.692. The molecule has 0 aromatic rings. The number of carboxylic acid groups (broad SMARTS) is 1. The highest BCUT2D eigenvalue weighted by Crippen LogP contribution is 2.54. The van der Waals surface area contributed by atoms with Gasteiger partial charge >= 0.3 is 5.97 Å². The Morgan fingerprint density at radius 3 is 2.47 bits per heavy atom. The number of β-lactam (4-membered cyclic amide) rings is 1. The Balaban J connectivity index is 2.35. The molecule has 6 heteroatoms. The zero-order valence-electron chi connectivity index (χ0n) is 11.5. The van der Waals surface area contributed by atoms with Crippen LogP contribution in [-0.4, -0.2) is 44.4 Å². The number of rotatable bonds is 4. The Kier molecular flexibility index (Phi) is 3.43. The third kappa shape index (κ3) is 1.89. The van der Waals surface area contributed by atoms with Crippen molar-refractivity contribution in [2.45, 2.75) is 51.5 Å². The lowest BCUT2D eigenvalue weighted by atomic mass is 9.68. The minimum absolute atomic E-state index is 0.104. The zero-order valence-corrected chi connectivity index (χ0v) is 12.3. The predicted molar refractivity (Wildman–Crippen MR) is 72.4 cm³/mol. The first-order valence-corrected chi connectivity index (χ1v) is 7.24. The van der Waals surface area contributed by atoms with Gasteiger partial charge in [-0.25, -0.2) is 4.79 Å². The van der Waals surface area contributed by atoms with Gasteiger partial charge in [0, 0.05) is 16.6 Å². The molecule has 3 atom stereocenters. The Morgan fingerprint density at radius 2 is 2.05 bits per heavy atom. The number of hydrogen-bond acceptors (Lipinski definition) is 4. The van der Waals surface area contributed by atoms with Crippen LogP contribution >= 0.6 is 11.8 Å². The lowest BCUT2D eigenvalue weighted by Gasteiger charge is -2.52. The summed E-state index contributed by atoms with van der Waals surface area (Å²) in [5.41, 5.74) is -0.758. The van der Waals surface area contributed by atoms with Gasteiger partial charge in [0.15, 0.2) is 0 Å². The average Bonchev–Trinajstić information content (AvgIpc) is 2.63. The van der Waals surface area contributed by atoms with E-state index < -0.39 is 17.5 Å². The molecule has 0 aromatic carbocycles. The molecule has 0 bridgehead atoms. The molecule has 106 valence electrons. The van der Waals surface area contributed by atoms with Gasteiger partial charge < -0.3 is 15.1 Å². The van der Waals surface area contributed by atoms with Gasteiger partial charge in [-0.05, 0) is 13.8 Å². The third-order valence-corrected chi connectivity index (χ3v) is 5.13. The van der Waals surface area contributed by atoms with Crippen LogP contribution in [0.4, 0.5) is 0 Å². The van der Waals surface area contributed by atoms with Crippen molar-refractivity contribution in [3.8, 4) is 0 Å². The van der Waals surface area contributed by atoms with Crippen LogP contribution in [0.25, 0.3) is 0 Å². The molecule has 1 amide bonds. The maximum absolute atomic E-state index is 12.2. The number of fused-ring (bicyclic) bond motifs is 1. The molecule has 0 spiro atoms. The van der Waals surface area contributed by atoms with Gasteiger partial charge in [-0.2, -0.15) is 0 Å². The van der Waals surface area contributed by atoms with Crippen molar-refractivity contribution in [2.24, 2.45) is 5.41 Å². The molecule has 2 aliphatic rings. The quantitative estimate of drug-likeness (QED) is 0.764. The van der Waals surface area contributed by atoms with Crippen molar-refractivity contribution in [3.63, 3.8) is 0 Å². The van der Waals surface area contributed by atoms with Gasteiger partial charge in [-0.15, -0.1) is 11.8 Å². The summed E-state index contributed by atoms with van der Waals surface area (Å²) in [5.74, 6) is -1.35. The highest BCUT2D eigenvalue weighted by Gasteiger charge is 2.64. The second kappa shape index (κ2) is 4.52. The molecular formula is C13H19NO4S. The van der Waals surface area contributed by atoms with E-state index in [0.29, 0.717) is 6.42 Å². The van der Waals surface area contributed by atoms with E-state index in [1.807, 2.05) is 13.8 Å². The second-order valence-corrected chi connectivity index (χ2v) is 7.27. The van der Waals surface area contributed by atoms with Gasteiger partial charge in [-0.1, -0.05) is 13.8 Å². The molecule has 0 aliphatic carbocycles. The molecule has 19 heavy (non-hydrogen) atoms. The smallest absolute Gasteiger partial charge is 0.353 e. The van der Waals surface area contributed by atoms with E-state index in [-0.39, 0.29) is 22.9 Å². The Hall–Kier alpha value is -1.01. The lowest BCUT2D eigenvalue weighted by Crippen LogP contribution is -2.69. The van der Waals surface area contributed by atoms with Crippen molar-refractivity contribution in [1.29, 1.82) is 0 Å². The molecule has 1 saturated heterocycles. The van der Waals surface area contributed by atoms with Gasteiger partial charge in [-0.3, -0.25) is 4.79 Å². The van der Waals surface area contributed by atoms with E-state index >= 15 is 0 Å². The molecule has 2 aliphatic heterocycles. The van der Waals surface area contributed by atoms with Crippen LogP contribution in [0.1, 0.15) is 34.1 Å². The second-order valence-electron chi connectivity index (χ2n) is 5.60. The molecule has 3 unspecified atom stereocenters. The van der Waals surface area contributed by atoms with Crippen LogP contribution in [0.3, 0.4) is 0 Å². The Bertz CT molecular complexity index is 471. The summed E-state index contributed by atoms with van der Waals surface area (Å²) >= 11 is 1.48. The van der Waals surface area contributed by atoms with E-state index in [1.165, 1.54) is 16.7 Å². The van der Waals surface area contributed by atoms with Gasteiger partial charge in [0.2, 0.25) is 5.91 Å². The van der Waals surface area contributed by atoms with Crippen molar-refractivity contribution < 1.29 is 19.8 Å². The van der Waals surface area contributed by atoms with Crippen LogP contribution in [0.5, 0.6) is 0 Å². The monoisotopic (exact) mass is 285 g/mol. The van der Waals surface area contributed by atoms with Gasteiger partial charge in [0.25, 0.3) is 0 Å². The number of aliphatic carboxylic acids is 1. The molecule has 2 rings (SSSR count). The molecule has 0 aromatic heterocycles. The number of carbonyl (C=O) groups excluding carboxylic acids is 1. The van der Waals surface area contributed by atoms with E-state index in [1.54, 1.807) is 13.8 Å². The average molecular weight is 285 g/mol. The molecule has 1 fully saturated rings. The van der Waals surface area contributed by atoms with Gasteiger partial charge in [0.1, 0.15) is 5.70 Å². The van der Waals surface area contributed by atoms with Crippen molar-refractivity contribution in [3.05, 3.63) is 10.6 Å². The maximum atomic E-state index is 12.2. The predicted octanol–water partition coefficient (Wildman–Crippen LogP) is 1.43. The minimum atomic E-state index is -1.06. The molecule has 2 heterocycles. The fourth-order valence-electron chi connectivity index (χ4n) is 2.78. The number of hydrogen-bond donors (Lipinski definition) is 2. The highest BCUT2D eigenvalue weighted by molar-refractivity contribution is 8.03. The summed E-state index contributed by atoms with van der Waals surface area (Å²) in [7, 11) is 0. The first-order chi connectivity index (χ1) is 8.71. The third-order valence-electron chi connectivity index (χ3n) is 4.02.